The summed E-state index contributed by atoms with van der Waals surface area (Å²) in [6.07, 6.45) is 4.07. The summed E-state index contributed by atoms with van der Waals surface area (Å²) >= 11 is 1.43. The molecule has 0 atom stereocenters. The quantitative estimate of drug-likeness (QED) is 0.563. The molecule has 32 heavy (non-hydrogen) atoms. The number of rotatable bonds is 7. The number of nitriles is 1. The molecule has 1 amide bonds. The number of carbonyl (C=O) groups is 1. The Balaban J connectivity index is 1.30. The first-order chi connectivity index (χ1) is 15.7. The van der Waals surface area contributed by atoms with Crippen LogP contribution in [0.2, 0.25) is 0 Å². The first-order valence-electron chi connectivity index (χ1n) is 10.8. The minimum absolute atomic E-state index is 0.0154. The highest BCUT2D eigenvalue weighted by molar-refractivity contribution is 7.14. The summed E-state index contributed by atoms with van der Waals surface area (Å²) in [5.74, 6) is 1.66. The summed E-state index contributed by atoms with van der Waals surface area (Å²) in [5, 5.41) is 14.5. The molecule has 3 aromatic rings. The Labute approximate surface area is 191 Å². The molecular formula is C24H25N5O2S. The predicted octanol–water partition coefficient (Wildman–Crippen LogP) is 4.72. The Hall–Kier alpha value is -3.44. The monoisotopic (exact) mass is 447 g/mol. The van der Waals surface area contributed by atoms with Gasteiger partial charge in [-0.1, -0.05) is 6.92 Å². The van der Waals surface area contributed by atoms with Crippen molar-refractivity contribution >= 4 is 28.2 Å². The summed E-state index contributed by atoms with van der Waals surface area (Å²) < 4.78 is 5.62. The summed E-state index contributed by atoms with van der Waals surface area (Å²) in [6.45, 7) is 4.30. The number of ether oxygens (including phenoxy) is 1. The smallest absolute Gasteiger partial charge is 0.229 e. The second-order valence-corrected chi connectivity index (χ2v) is 8.54. The number of anilines is 2. The number of hydrogen-bond acceptors (Lipinski definition) is 7. The lowest BCUT2D eigenvalue weighted by atomic mass is 9.96. The van der Waals surface area contributed by atoms with Crippen molar-refractivity contribution in [1.82, 2.24) is 9.97 Å². The molecule has 0 unspecified atom stereocenters. The lowest BCUT2D eigenvalue weighted by Gasteiger charge is -2.31. The fourth-order valence-corrected chi connectivity index (χ4v) is 4.35. The molecule has 1 aromatic carbocycles. The third-order valence-electron chi connectivity index (χ3n) is 5.42. The van der Waals surface area contributed by atoms with Crippen LogP contribution < -0.4 is 15.0 Å². The van der Waals surface area contributed by atoms with E-state index in [0.29, 0.717) is 17.3 Å². The third-order valence-corrected chi connectivity index (χ3v) is 6.18. The molecule has 0 radical (unpaired) electrons. The number of piperidine rings is 1. The maximum Gasteiger partial charge on any atom is 0.229 e. The standard InChI is InChI=1S/C24H25N5O2S/c1-2-13-31-20-6-4-18(5-7-20)21-16-32-24(27-21)28-23(30)19-9-11-29(12-10-19)22-8-3-17(14-25)15-26-22/h3-8,15-16,19H,2,9-13H2,1H3,(H,27,28,30). The molecule has 4 rings (SSSR count). The van der Waals surface area contributed by atoms with Crippen molar-refractivity contribution in [3.8, 4) is 23.1 Å². The van der Waals surface area contributed by atoms with Gasteiger partial charge in [-0.05, 0) is 55.7 Å². The predicted molar refractivity (Wildman–Crippen MR) is 126 cm³/mol. The molecule has 0 bridgehead atoms. The van der Waals surface area contributed by atoms with Gasteiger partial charge in [0.1, 0.15) is 17.6 Å². The van der Waals surface area contributed by atoms with E-state index in [1.54, 1.807) is 12.3 Å². The maximum atomic E-state index is 12.8. The molecule has 3 heterocycles. The van der Waals surface area contributed by atoms with E-state index in [4.69, 9.17) is 10.00 Å². The normalized spacial score (nSPS) is 14.1. The van der Waals surface area contributed by atoms with Crippen molar-refractivity contribution in [2.24, 2.45) is 5.92 Å². The molecule has 7 nitrogen and oxygen atoms in total. The number of nitrogens with zero attached hydrogens (tertiary/aromatic N) is 4. The van der Waals surface area contributed by atoms with Gasteiger partial charge in [0.05, 0.1) is 17.9 Å². The van der Waals surface area contributed by atoms with E-state index < -0.39 is 0 Å². The number of carbonyl (C=O) groups excluding carboxylic acids is 1. The van der Waals surface area contributed by atoms with Gasteiger partial charge in [-0.3, -0.25) is 4.79 Å². The van der Waals surface area contributed by atoms with Gasteiger partial charge >= 0.3 is 0 Å². The SMILES string of the molecule is CCCOc1ccc(-c2csc(NC(=O)C3CCN(c4ccc(C#N)cn4)CC3)n2)cc1. The van der Waals surface area contributed by atoms with E-state index in [1.807, 2.05) is 35.7 Å². The van der Waals surface area contributed by atoms with E-state index in [2.05, 4.69) is 33.2 Å². The maximum absolute atomic E-state index is 12.8. The number of aromatic nitrogens is 2. The van der Waals surface area contributed by atoms with E-state index in [9.17, 15) is 4.79 Å². The average molecular weight is 448 g/mol. The van der Waals surface area contributed by atoms with E-state index in [1.165, 1.54) is 11.3 Å². The topological polar surface area (TPSA) is 91.1 Å². The Morgan fingerprint density at radius 3 is 2.69 bits per heavy atom. The Kier molecular flexibility index (Phi) is 6.97. The number of amides is 1. The number of thiazole rings is 1. The molecule has 0 spiro atoms. The van der Waals surface area contributed by atoms with Crippen molar-refractivity contribution in [2.75, 3.05) is 29.9 Å². The molecule has 1 aliphatic rings. The average Bonchev–Trinajstić information content (AvgIpc) is 3.31. The highest BCUT2D eigenvalue weighted by atomic mass is 32.1. The number of pyridine rings is 1. The van der Waals surface area contributed by atoms with Gasteiger partial charge in [-0.15, -0.1) is 11.3 Å². The van der Waals surface area contributed by atoms with E-state index in [0.717, 1.165) is 55.2 Å². The van der Waals surface area contributed by atoms with Crippen molar-refractivity contribution < 1.29 is 9.53 Å². The Morgan fingerprint density at radius 2 is 2.03 bits per heavy atom. The van der Waals surface area contributed by atoms with Crippen molar-refractivity contribution in [2.45, 2.75) is 26.2 Å². The zero-order valence-electron chi connectivity index (χ0n) is 18.0. The molecule has 1 aliphatic heterocycles. The lowest BCUT2D eigenvalue weighted by Crippen LogP contribution is -2.38. The van der Waals surface area contributed by atoms with Crippen molar-refractivity contribution in [1.29, 1.82) is 5.26 Å². The van der Waals surface area contributed by atoms with E-state index >= 15 is 0 Å². The fourth-order valence-electron chi connectivity index (χ4n) is 3.62. The van der Waals surface area contributed by atoms with Gasteiger partial charge in [-0.2, -0.15) is 5.26 Å². The summed E-state index contributed by atoms with van der Waals surface area (Å²) in [7, 11) is 0. The Bertz CT molecular complexity index is 1080. The van der Waals surface area contributed by atoms with Crippen LogP contribution in [0.25, 0.3) is 11.3 Å². The van der Waals surface area contributed by atoms with Gasteiger partial charge in [0, 0.05) is 36.1 Å². The number of nitrogens with one attached hydrogen (secondary N) is 1. The first kappa shape index (κ1) is 21.8. The summed E-state index contributed by atoms with van der Waals surface area (Å²) in [5.41, 5.74) is 2.38. The number of benzene rings is 1. The second kappa shape index (κ2) is 10.2. The minimum atomic E-state index is -0.0491. The van der Waals surface area contributed by atoms with Crippen LogP contribution in [-0.4, -0.2) is 35.6 Å². The highest BCUT2D eigenvalue weighted by Gasteiger charge is 2.26. The van der Waals surface area contributed by atoms with Gasteiger partial charge in [0.2, 0.25) is 5.91 Å². The molecule has 164 valence electrons. The molecule has 1 N–H and O–H groups in total. The summed E-state index contributed by atoms with van der Waals surface area (Å²) in [4.78, 5) is 23.8. The largest absolute Gasteiger partial charge is 0.494 e. The fraction of sp³-hybridized carbons (Fsp3) is 0.333. The van der Waals surface area contributed by atoms with E-state index in [-0.39, 0.29) is 11.8 Å². The van der Waals surface area contributed by atoms with Crippen LogP contribution >= 0.6 is 11.3 Å². The van der Waals surface area contributed by atoms with Crippen molar-refractivity contribution in [3.05, 3.63) is 53.5 Å². The molecule has 1 fully saturated rings. The molecule has 1 saturated heterocycles. The zero-order chi connectivity index (χ0) is 22.3. The van der Waals surface area contributed by atoms with Crippen LogP contribution in [0.15, 0.2) is 48.0 Å². The van der Waals surface area contributed by atoms with Crippen molar-refractivity contribution in [3.63, 3.8) is 0 Å². The first-order valence-corrected chi connectivity index (χ1v) is 11.6. The molecule has 0 saturated carbocycles. The van der Waals surface area contributed by atoms with Gasteiger partial charge in [0.15, 0.2) is 5.13 Å². The highest BCUT2D eigenvalue weighted by Crippen LogP contribution is 2.28. The minimum Gasteiger partial charge on any atom is -0.494 e. The van der Waals surface area contributed by atoms with Crippen LogP contribution in [0.5, 0.6) is 5.75 Å². The molecular weight excluding hydrogens is 422 g/mol. The summed E-state index contributed by atoms with van der Waals surface area (Å²) in [6, 6.07) is 13.6. The molecule has 8 heteroatoms. The van der Waals surface area contributed by atoms with Gasteiger partial charge in [-0.25, -0.2) is 9.97 Å². The van der Waals surface area contributed by atoms with Crippen LogP contribution in [-0.2, 0) is 4.79 Å². The van der Waals surface area contributed by atoms with Crippen LogP contribution in [0.1, 0.15) is 31.7 Å². The zero-order valence-corrected chi connectivity index (χ0v) is 18.8. The molecule has 2 aromatic heterocycles. The number of hydrogen-bond donors (Lipinski definition) is 1. The second-order valence-electron chi connectivity index (χ2n) is 7.68. The van der Waals surface area contributed by atoms with Crippen LogP contribution in [0.4, 0.5) is 10.9 Å². The van der Waals surface area contributed by atoms with Crippen LogP contribution in [0.3, 0.4) is 0 Å². The third kappa shape index (κ3) is 5.24. The molecule has 0 aliphatic carbocycles. The van der Waals surface area contributed by atoms with Gasteiger partial charge in [0.25, 0.3) is 0 Å². The Morgan fingerprint density at radius 1 is 1.25 bits per heavy atom. The lowest BCUT2D eigenvalue weighted by molar-refractivity contribution is -0.120. The van der Waals surface area contributed by atoms with Gasteiger partial charge < -0.3 is 15.0 Å². The van der Waals surface area contributed by atoms with Crippen LogP contribution in [0, 0.1) is 17.2 Å².